The highest BCUT2D eigenvalue weighted by Crippen LogP contribution is 2.22. The first-order chi connectivity index (χ1) is 11.5. The lowest BCUT2D eigenvalue weighted by Gasteiger charge is -2.23. The molecule has 1 amide bonds. The molecule has 3 N–H and O–H groups in total. The molecule has 7 heteroatoms. The maximum Gasteiger partial charge on any atom is 0.240 e. The average molecular weight is 351 g/mol. The Morgan fingerprint density at radius 1 is 1.04 bits per heavy atom. The van der Waals surface area contributed by atoms with Gasteiger partial charge in [-0.15, -0.1) is 0 Å². The van der Waals surface area contributed by atoms with Crippen LogP contribution in [0.3, 0.4) is 0 Å². The number of rotatable bonds is 7. The molecule has 0 spiro atoms. The lowest BCUT2D eigenvalue weighted by Crippen LogP contribution is -2.42. The van der Waals surface area contributed by atoms with Crippen LogP contribution in [0.1, 0.15) is 37.7 Å². The molecule has 132 valence electrons. The molecule has 1 aromatic carbocycles. The van der Waals surface area contributed by atoms with Crippen LogP contribution in [-0.4, -0.2) is 39.5 Å². The maximum absolute atomic E-state index is 12.1. The first-order valence-corrected chi connectivity index (χ1v) is 10.1. The van der Waals surface area contributed by atoms with Crippen LogP contribution in [0.2, 0.25) is 0 Å². The van der Waals surface area contributed by atoms with E-state index in [1.165, 1.54) is 0 Å². The van der Waals surface area contributed by atoms with E-state index in [0.717, 1.165) is 44.3 Å². The number of carbonyl (C=O) groups excluding carboxylic acids is 1. The van der Waals surface area contributed by atoms with Gasteiger partial charge in [0.1, 0.15) is 0 Å². The number of benzene rings is 1. The van der Waals surface area contributed by atoms with Crippen LogP contribution < -0.4 is 15.4 Å². The first kappa shape index (κ1) is 17.4. The normalized spacial score (nSPS) is 19.2. The van der Waals surface area contributed by atoms with Gasteiger partial charge in [-0.05, 0) is 62.9 Å². The van der Waals surface area contributed by atoms with E-state index in [4.69, 9.17) is 0 Å². The van der Waals surface area contributed by atoms with E-state index in [2.05, 4.69) is 15.4 Å². The summed E-state index contributed by atoms with van der Waals surface area (Å²) in [5, 5.41) is 6.34. The Bertz CT molecular complexity index is 663. The van der Waals surface area contributed by atoms with Crippen LogP contribution in [0.4, 0.5) is 0 Å². The highest BCUT2D eigenvalue weighted by atomic mass is 32.2. The van der Waals surface area contributed by atoms with E-state index in [1.54, 1.807) is 24.3 Å². The first-order valence-electron chi connectivity index (χ1n) is 8.64. The monoisotopic (exact) mass is 351 g/mol. The minimum Gasteiger partial charge on any atom is -0.353 e. The molecular formula is C17H25N3O3S. The molecule has 24 heavy (non-hydrogen) atoms. The number of hydrogen-bond acceptors (Lipinski definition) is 4. The minimum absolute atomic E-state index is 0.0639. The van der Waals surface area contributed by atoms with Crippen molar-refractivity contribution < 1.29 is 13.2 Å². The van der Waals surface area contributed by atoms with Crippen LogP contribution in [0.5, 0.6) is 0 Å². The molecule has 2 aliphatic rings. The molecule has 1 aliphatic heterocycles. The highest BCUT2D eigenvalue weighted by molar-refractivity contribution is 7.89. The Balaban J connectivity index is 1.47. The van der Waals surface area contributed by atoms with Gasteiger partial charge in [0.25, 0.3) is 0 Å². The van der Waals surface area contributed by atoms with Gasteiger partial charge in [-0.25, -0.2) is 13.1 Å². The van der Waals surface area contributed by atoms with E-state index in [-0.39, 0.29) is 22.9 Å². The molecule has 2 fully saturated rings. The number of aryl methyl sites for hydroxylation is 1. The summed E-state index contributed by atoms with van der Waals surface area (Å²) in [4.78, 5) is 12.3. The number of nitrogens with one attached hydrogen (secondary N) is 3. The minimum atomic E-state index is -3.40. The zero-order chi connectivity index (χ0) is 17.0. The van der Waals surface area contributed by atoms with Crippen molar-refractivity contribution in [1.29, 1.82) is 0 Å². The summed E-state index contributed by atoms with van der Waals surface area (Å²) in [5.74, 6) is 0.0639. The van der Waals surface area contributed by atoms with Crippen molar-refractivity contribution in [1.82, 2.24) is 15.4 Å². The van der Waals surface area contributed by atoms with Crippen LogP contribution >= 0.6 is 0 Å². The van der Waals surface area contributed by atoms with Crippen molar-refractivity contribution >= 4 is 15.9 Å². The molecule has 6 nitrogen and oxygen atoms in total. The van der Waals surface area contributed by atoms with E-state index < -0.39 is 10.0 Å². The Hall–Kier alpha value is -1.44. The van der Waals surface area contributed by atoms with Crippen LogP contribution in [-0.2, 0) is 21.2 Å². The molecule has 0 aromatic heterocycles. The quantitative estimate of drug-likeness (QED) is 0.682. The summed E-state index contributed by atoms with van der Waals surface area (Å²) in [5.41, 5.74) is 0.973. The van der Waals surface area contributed by atoms with Gasteiger partial charge in [-0.2, -0.15) is 0 Å². The fraction of sp³-hybridized carbons (Fsp3) is 0.588. The Morgan fingerprint density at radius 3 is 2.33 bits per heavy atom. The predicted molar refractivity (Wildman–Crippen MR) is 92.1 cm³/mol. The second-order valence-electron chi connectivity index (χ2n) is 6.63. The zero-order valence-electron chi connectivity index (χ0n) is 13.8. The topological polar surface area (TPSA) is 87.3 Å². The Morgan fingerprint density at radius 2 is 1.71 bits per heavy atom. The zero-order valence-corrected chi connectivity index (χ0v) is 14.6. The summed E-state index contributed by atoms with van der Waals surface area (Å²) in [7, 11) is -3.40. The molecule has 0 atom stereocenters. The van der Waals surface area contributed by atoms with Crippen LogP contribution in [0.15, 0.2) is 29.2 Å². The van der Waals surface area contributed by atoms with Crippen molar-refractivity contribution in [2.24, 2.45) is 0 Å². The smallest absolute Gasteiger partial charge is 0.240 e. The van der Waals surface area contributed by atoms with Crippen molar-refractivity contribution in [3.63, 3.8) is 0 Å². The lowest BCUT2D eigenvalue weighted by atomic mass is 10.1. The van der Waals surface area contributed by atoms with Crippen LogP contribution in [0, 0.1) is 0 Å². The van der Waals surface area contributed by atoms with E-state index in [0.29, 0.717) is 12.8 Å². The van der Waals surface area contributed by atoms with Gasteiger partial charge in [-0.1, -0.05) is 12.1 Å². The third-order valence-corrected chi connectivity index (χ3v) is 6.01. The molecule has 1 aliphatic carbocycles. The SMILES string of the molecule is O=C(CCc1ccc(S(=O)(=O)NC2CC2)cc1)NC1CCNCC1. The molecule has 0 unspecified atom stereocenters. The number of carbonyl (C=O) groups is 1. The Kier molecular flexibility index (Phi) is 5.53. The third-order valence-electron chi connectivity index (χ3n) is 4.48. The number of hydrogen-bond donors (Lipinski definition) is 3. The van der Waals surface area contributed by atoms with Crippen LogP contribution in [0.25, 0.3) is 0 Å². The average Bonchev–Trinajstić information content (AvgIpc) is 3.37. The van der Waals surface area contributed by atoms with E-state index in [1.807, 2.05) is 0 Å². The van der Waals surface area contributed by atoms with Crippen molar-refractivity contribution in [3.05, 3.63) is 29.8 Å². The summed E-state index contributed by atoms with van der Waals surface area (Å²) in [6.07, 6.45) is 4.84. The summed E-state index contributed by atoms with van der Waals surface area (Å²) in [6, 6.07) is 7.20. The predicted octanol–water partition coefficient (Wildman–Crippen LogP) is 0.928. The lowest BCUT2D eigenvalue weighted by molar-refractivity contribution is -0.121. The molecule has 1 saturated carbocycles. The maximum atomic E-state index is 12.1. The van der Waals surface area contributed by atoms with Gasteiger partial charge >= 0.3 is 0 Å². The van der Waals surface area contributed by atoms with Gasteiger partial charge in [0.15, 0.2) is 0 Å². The molecule has 3 rings (SSSR count). The van der Waals surface area contributed by atoms with Gasteiger partial charge < -0.3 is 10.6 Å². The summed E-state index contributed by atoms with van der Waals surface area (Å²) in [6.45, 7) is 1.91. The van der Waals surface area contributed by atoms with Gasteiger partial charge in [0, 0.05) is 18.5 Å². The highest BCUT2D eigenvalue weighted by Gasteiger charge is 2.27. The molecule has 0 radical (unpaired) electrons. The second kappa shape index (κ2) is 7.63. The van der Waals surface area contributed by atoms with Gasteiger partial charge in [0.05, 0.1) is 4.90 Å². The van der Waals surface area contributed by atoms with E-state index in [9.17, 15) is 13.2 Å². The Labute approximate surface area is 143 Å². The van der Waals surface area contributed by atoms with E-state index >= 15 is 0 Å². The van der Waals surface area contributed by atoms with Crippen molar-refractivity contribution in [3.8, 4) is 0 Å². The molecule has 1 aromatic rings. The summed E-state index contributed by atoms with van der Waals surface area (Å²) >= 11 is 0. The fourth-order valence-corrected chi connectivity index (χ4v) is 4.15. The van der Waals surface area contributed by atoms with Crippen molar-refractivity contribution in [2.45, 2.75) is 55.5 Å². The fourth-order valence-electron chi connectivity index (χ4n) is 2.85. The van der Waals surface area contributed by atoms with Gasteiger partial charge in [-0.3, -0.25) is 4.79 Å². The third kappa shape index (κ3) is 5.03. The number of amides is 1. The molecule has 1 saturated heterocycles. The largest absolute Gasteiger partial charge is 0.353 e. The number of sulfonamides is 1. The second-order valence-corrected chi connectivity index (χ2v) is 8.35. The standard InChI is InChI=1S/C17H25N3O3S/c21-17(19-14-9-11-18-12-10-14)8-3-13-1-6-16(7-2-13)24(22,23)20-15-4-5-15/h1-2,6-7,14-15,18,20H,3-5,8-12H2,(H,19,21). The molecule has 1 heterocycles. The van der Waals surface area contributed by atoms with Gasteiger partial charge in [0.2, 0.25) is 15.9 Å². The van der Waals surface area contributed by atoms with Crippen molar-refractivity contribution in [2.75, 3.05) is 13.1 Å². The molecule has 0 bridgehead atoms. The molecular weight excluding hydrogens is 326 g/mol. The number of piperidine rings is 1. The summed E-state index contributed by atoms with van der Waals surface area (Å²) < 4.78 is 26.9.